The standard InChI is InChI=1S/C16H16N2/c1-11-7-9-13(10-8-11)12(2)16-17-14-5-3-4-6-15(14)18-16/h3-10,12H,1-2H3,(H,17,18). The molecule has 0 spiro atoms. The number of H-pyrrole nitrogens is 1. The van der Waals surface area contributed by atoms with Gasteiger partial charge in [0, 0.05) is 5.92 Å². The second kappa shape index (κ2) is 4.30. The zero-order valence-electron chi connectivity index (χ0n) is 10.6. The minimum Gasteiger partial charge on any atom is -0.341 e. The van der Waals surface area contributed by atoms with Crippen LogP contribution < -0.4 is 0 Å². The lowest BCUT2D eigenvalue weighted by Gasteiger charge is -2.08. The van der Waals surface area contributed by atoms with E-state index in [0.717, 1.165) is 16.9 Å². The van der Waals surface area contributed by atoms with E-state index in [1.54, 1.807) is 0 Å². The van der Waals surface area contributed by atoms with E-state index >= 15 is 0 Å². The molecule has 0 saturated heterocycles. The van der Waals surface area contributed by atoms with E-state index in [9.17, 15) is 0 Å². The zero-order valence-corrected chi connectivity index (χ0v) is 10.6. The van der Waals surface area contributed by atoms with Crippen LogP contribution in [0.15, 0.2) is 48.5 Å². The number of imidazole rings is 1. The van der Waals surface area contributed by atoms with Crippen molar-refractivity contribution in [1.82, 2.24) is 9.97 Å². The van der Waals surface area contributed by atoms with Crippen molar-refractivity contribution < 1.29 is 0 Å². The van der Waals surface area contributed by atoms with Crippen molar-refractivity contribution in [2.75, 3.05) is 0 Å². The van der Waals surface area contributed by atoms with Gasteiger partial charge >= 0.3 is 0 Å². The molecule has 1 atom stereocenters. The summed E-state index contributed by atoms with van der Waals surface area (Å²) in [5.41, 5.74) is 4.72. The van der Waals surface area contributed by atoms with Crippen molar-refractivity contribution in [3.63, 3.8) is 0 Å². The molecule has 0 aliphatic heterocycles. The van der Waals surface area contributed by atoms with E-state index in [-0.39, 0.29) is 5.92 Å². The average Bonchev–Trinajstić information content (AvgIpc) is 2.82. The van der Waals surface area contributed by atoms with Gasteiger partial charge in [-0.05, 0) is 24.6 Å². The minimum absolute atomic E-state index is 0.290. The lowest BCUT2D eigenvalue weighted by atomic mass is 9.99. The first kappa shape index (κ1) is 11.0. The summed E-state index contributed by atoms with van der Waals surface area (Å²) in [5, 5.41) is 0. The highest BCUT2D eigenvalue weighted by atomic mass is 14.9. The van der Waals surface area contributed by atoms with Gasteiger partial charge in [0.25, 0.3) is 0 Å². The summed E-state index contributed by atoms with van der Waals surface area (Å²) in [6.07, 6.45) is 0. The van der Waals surface area contributed by atoms with E-state index in [4.69, 9.17) is 0 Å². The predicted octanol–water partition coefficient (Wildman–Crippen LogP) is 4.02. The summed E-state index contributed by atoms with van der Waals surface area (Å²) >= 11 is 0. The number of aromatic nitrogens is 2. The van der Waals surface area contributed by atoms with Gasteiger partial charge in [0.2, 0.25) is 0 Å². The number of nitrogens with one attached hydrogen (secondary N) is 1. The van der Waals surface area contributed by atoms with E-state index in [1.807, 2.05) is 18.2 Å². The maximum Gasteiger partial charge on any atom is 0.114 e. The summed E-state index contributed by atoms with van der Waals surface area (Å²) in [7, 11) is 0. The third kappa shape index (κ3) is 1.90. The zero-order chi connectivity index (χ0) is 12.5. The Morgan fingerprint density at radius 1 is 1.00 bits per heavy atom. The van der Waals surface area contributed by atoms with Crippen LogP contribution in [-0.4, -0.2) is 9.97 Å². The van der Waals surface area contributed by atoms with Gasteiger partial charge in [-0.1, -0.05) is 48.9 Å². The largest absolute Gasteiger partial charge is 0.341 e. The number of hydrogen-bond acceptors (Lipinski definition) is 1. The van der Waals surface area contributed by atoms with Crippen LogP contribution in [0.25, 0.3) is 11.0 Å². The molecule has 18 heavy (non-hydrogen) atoms. The molecule has 0 radical (unpaired) electrons. The smallest absolute Gasteiger partial charge is 0.114 e. The second-order valence-electron chi connectivity index (χ2n) is 4.77. The number of aromatic amines is 1. The van der Waals surface area contributed by atoms with Crippen LogP contribution in [0.4, 0.5) is 0 Å². The first-order valence-corrected chi connectivity index (χ1v) is 6.25. The van der Waals surface area contributed by atoms with E-state index in [2.05, 4.69) is 54.1 Å². The van der Waals surface area contributed by atoms with Gasteiger partial charge in [0.1, 0.15) is 5.82 Å². The first-order chi connectivity index (χ1) is 8.74. The Balaban J connectivity index is 2.00. The molecule has 0 aliphatic carbocycles. The van der Waals surface area contributed by atoms with Crippen molar-refractivity contribution in [2.45, 2.75) is 19.8 Å². The molecule has 0 fully saturated rings. The van der Waals surface area contributed by atoms with Crippen molar-refractivity contribution in [1.29, 1.82) is 0 Å². The van der Waals surface area contributed by atoms with Crippen LogP contribution >= 0.6 is 0 Å². The number of hydrogen-bond donors (Lipinski definition) is 1. The Bertz CT molecular complexity index is 632. The van der Waals surface area contributed by atoms with Crippen LogP contribution in [0, 0.1) is 6.92 Å². The number of rotatable bonds is 2. The highest BCUT2D eigenvalue weighted by Crippen LogP contribution is 2.24. The molecular formula is C16H16N2. The molecule has 2 aromatic carbocycles. The fraction of sp³-hybridized carbons (Fsp3) is 0.188. The van der Waals surface area contributed by atoms with Crippen LogP contribution in [0.3, 0.4) is 0 Å². The molecule has 1 unspecified atom stereocenters. The molecular weight excluding hydrogens is 220 g/mol. The maximum atomic E-state index is 4.66. The number of para-hydroxylation sites is 2. The summed E-state index contributed by atoms with van der Waals surface area (Å²) in [6, 6.07) is 16.8. The fourth-order valence-electron chi connectivity index (χ4n) is 2.19. The van der Waals surface area contributed by atoms with E-state index < -0.39 is 0 Å². The normalized spacial score (nSPS) is 12.8. The molecule has 1 aromatic heterocycles. The van der Waals surface area contributed by atoms with Crippen LogP contribution in [0.5, 0.6) is 0 Å². The Morgan fingerprint density at radius 3 is 2.44 bits per heavy atom. The highest BCUT2D eigenvalue weighted by molar-refractivity contribution is 5.74. The van der Waals surface area contributed by atoms with Gasteiger partial charge in [-0.25, -0.2) is 4.98 Å². The van der Waals surface area contributed by atoms with Crippen LogP contribution in [0.2, 0.25) is 0 Å². The van der Waals surface area contributed by atoms with Crippen molar-refractivity contribution >= 4 is 11.0 Å². The van der Waals surface area contributed by atoms with Gasteiger partial charge in [-0.3, -0.25) is 0 Å². The topological polar surface area (TPSA) is 28.7 Å². The number of fused-ring (bicyclic) bond motifs is 1. The Hall–Kier alpha value is -2.09. The Kier molecular flexibility index (Phi) is 2.63. The lowest BCUT2D eigenvalue weighted by molar-refractivity contribution is 0.845. The monoisotopic (exact) mass is 236 g/mol. The van der Waals surface area contributed by atoms with Gasteiger partial charge in [0.15, 0.2) is 0 Å². The maximum absolute atomic E-state index is 4.66. The molecule has 0 aliphatic rings. The quantitative estimate of drug-likeness (QED) is 0.715. The molecule has 1 heterocycles. The molecule has 0 saturated carbocycles. The lowest BCUT2D eigenvalue weighted by Crippen LogP contribution is -1.98. The molecule has 0 amide bonds. The predicted molar refractivity (Wildman–Crippen MR) is 74.8 cm³/mol. The third-order valence-electron chi connectivity index (χ3n) is 3.40. The summed E-state index contributed by atoms with van der Waals surface area (Å²) < 4.78 is 0. The summed E-state index contributed by atoms with van der Waals surface area (Å²) in [4.78, 5) is 8.05. The molecule has 3 rings (SSSR count). The van der Waals surface area contributed by atoms with Crippen molar-refractivity contribution in [2.24, 2.45) is 0 Å². The van der Waals surface area contributed by atoms with Crippen molar-refractivity contribution in [3.8, 4) is 0 Å². The number of aryl methyl sites for hydroxylation is 1. The number of benzene rings is 2. The van der Waals surface area contributed by atoms with E-state index in [0.29, 0.717) is 0 Å². The first-order valence-electron chi connectivity index (χ1n) is 6.25. The molecule has 90 valence electrons. The van der Waals surface area contributed by atoms with Gasteiger partial charge < -0.3 is 4.98 Å². The average molecular weight is 236 g/mol. The molecule has 1 N–H and O–H groups in total. The van der Waals surface area contributed by atoms with Crippen LogP contribution in [-0.2, 0) is 0 Å². The molecule has 0 bridgehead atoms. The summed E-state index contributed by atoms with van der Waals surface area (Å²) in [6.45, 7) is 4.29. The van der Waals surface area contributed by atoms with Gasteiger partial charge in [-0.15, -0.1) is 0 Å². The minimum atomic E-state index is 0.290. The summed E-state index contributed by atoms with van der Waals surface area (Å²) in [5.74, 6) is 1.32. The highest BCUT2D eigenvalue weighted by Gasteiger charge is 2.12. The van der Waals surface area contributed by atoms with E-state index in [1.165, 1.54) is 11.1 Å². The SMILES string of the molecule is Cc1ccc(C(C)c2nc3ccccc3[nH]2)cc1. The third-order valence-corrected chi connectivity index (χ3v) is 3.40. The fourth-order valence-corrected chi connectivity index (χ4v) is 2.19. The Labute approximate surface area is 107 Å². The second-order valence-corrected chi connectivity index (χ2v) is 4.77. The molecule has 2 heteroatoms. The van der Waals surface area contributed by atoms with Crippen molar-refractivity contribution in [3.05, 3.63) is 65.5 Å². The number of nitrogens with zero attached hydrogens (tertiary/aromatic N) is 1. The molecule has 3 aromatic rings. The van der Waals surface area contributed by atoms with Crippen LogP contribution in [0.1, 0.15) is 29.8 Å². The Morgan fingerprint density at radius 2 is 1.72 bits per heavy atom. The van der Waals surface area contributed by atoms with Gasteiger partial charge in [-0.2, -0.15) is 0 Å². The van der Waals surface area contributed by atoms with Gasteiger partial charge in [0.05, 0.1) is 11.0 Å². The molecule has 2 nitrogen and oxygen atoms in total.